The number of nitrogens with zero attached hydrogens (tertiary/aromatic N) is 4. The third kappa shape index (κ3) is 2.96. The third-order valence-electron chi connectivity index (χ3n) is 3.79. The van der Waals surface area contributed by atoms with Crippen molar-refractivity contribution >= 4 is 17.2 Å². The van der Waals surface area contributed by atoms with Gasteiger partial charge < -0.3 is 10.0 Å². The Hall–Kier alpha value is -1.80. The molecule has 7 nitrogen and oxygen atoms in total. The Balaban J connectivity index is 1.78. The number of amides is 1. The van der Waals surface area contributed by atoms with Crippen LogP contribution in [0, 0.1) is 5.92 Å². The number of rotatable bonds is 4. The van der Waals surface area contributed by atoms with Crippen molar-refractivity contribution < 1.29 is 9.90 Å². The second-order valence-electron chi connectivity index (χ2n) is 5.17. The second-order valence-corrected chi connectivity index (χ2v) is 6.09. The molecule has 0 saturated carbocycles. The van der Waals surface area contributed by atoms with Crippen LogP contribution in [-0.2, 0) is 0 Å². The lowest BCUT2D eigenvalue weighted by atomic mass is 9.95. The van der Waals surface area contributed by atoms with Gasteiger partial charge in [-0.05, 0) is 41.8 Å². The SMILES string of the molecule is O=C(c1sccc1-c1nn[nH]n1)N1CCCC(CCO)C1. The van der Waals surface area contributed by atoms with Gasteiger partial charge in [0.25, 0.3) is 5.91 Å². The summed E-state index contributed by atoms with van der Waals surface area (Å²) in [5, 5.41) is 24.8. The van der Waals surface area contributed by atoms with E-state index in [4.69, 9.17) is 5.11 Å². The maximum atomic E-state index is 12.7. The number of carbonyl (C=O) groups excluding carboxylic acids is 1. The number of nitrogens with one attached hydrogen (secondary N) is 1. The van der Waals surface area contributed by atoms with Gasteiger partial charge >= 0.3 is 0 Å². The molecule has 3 rings (SSSR count). The van der Waals surface area contributed by atoms with E-state index < -0.39 is 0 Å². The molecule has 2 aromatic heterocycles. The van der Waals surface area contributed by atoms with Crippen molar-refractivity contribution in [2.75, 3.05) is 19.7 Å². The topological polar surface area (TPSA) is 95.0 Å². The first-order chi connectivity index (χ1) is 10.3. The molecule has 1 atom stereocenters. The number of hydrogen-bond donors (Lipinski definition) is 2. The molecule has 0 bridgehead atoms. The predicted molar refractivity (Wildman–Crippen MR) is 77.8 cm³/mol. The average Bonchev–Trinajstić information content (AvgIpc) is 3.18. The van der Waals surface area contributed by atoms with E-state index in [9.17, 15) is 4.79 Å². The monoisotopic (exact) mass is 307 g/mol. The number of tetrazole rings is 1. The van der Waals surface area contributed by atoms with Crippen LogP contribution in [0.3, 0.4) is 0 Å². The molecular weight excluding hydrogens is 290 g/mol. The van der Waals surface area contributed by atoms with E-state index in [-0.39, 0.29) is 12.5 Å². The molecule has 1 aliphatic rings. The van der Waals surface area contributed by atoms with E-state index in [1.807, 2.05) is 16.3 Å². The molecule has 1 aliphatic heterocycles. The van der Waals surface area contributed by atoms with Crippen LogP contribution in [0.25, 0.3) is 11.4 Å². The maximum absolute atomic E-state index is 12.7. The number of carbonyl (C=O) groups is 1. The van der Waals surface area contributed by atoms with Gasteiger partial charge in [-0.15, -0.1) is 21.5 Å². The fraction of sp³-hybridized carbons (Fsp3) is 0.538. The Bertz CT molecular complexity index is 595. The van der Waals surface area contributed by atoms with Crippen LogP contribution in [0.1, 0.15) is 28.9 Å². The average molecular weight is 307 g/mol. The van der Waals surface area contributed by atoms with Crippen molar-refractivity contribution in [3.63, 3.8) is 0 Å². The predicted octanol–water partition coefficient (Wildman–Crippen LogP) is 1.16. The molecule has 1 amide bonds. The Morgan fingerprint density at radius 3 is 3.24 bits per heavy atom. The van der Waals surface area contributed by atoms with Crippen LogP contribution >= 0.6 is 11.3 Å². The molecule has 0 spiro atoms. The summed E-state index contributed by atoms with van der Waals surface area (Å²) in [6.45, 7) is 1.66. The van der Waals surface area contributed by atoms with E-state index in [0.717, 1.165) is 31.4 Å². The van der Waals surface area contributed by atoms with Crippen LogP contribution in [0.2, 0.25) is 0 Å². The van der Waals surface area contributed by atoms with Crippen LogP contribution in [0.5, 0.6) is 0 Å². The first-order valence-corrected chi connectivity index (χ1v) is 7.89. The lowest BCUT2D eigenvalue weighted by Gasteiger charge is -2.32. The summed E-state index contributed by atoms with van der Waals surface area (Å²) in [6, 6.07) is 1.85. The number of aromatic nitrogens is 4. The molecule has 2 aromatic rings. The number of aliphatic hydroxyl groups is 1. The molecule has 21 heavy (non-hydrogen) atoms. The summed E-state index contributed by atoms with van der Waals surface area (Å²) in [6.07, 6.45) is 2.82. The number of H-pyrrole nitrogens is 1. The van der Waals surface area contributed by atoms with Gasteiger partial charge in [0, 0.05) is 25.3 Å². The zero-order valence-corrected chi connectivity index (χ0v) is 12.3. The molecular formula is C13H17N5O2S. The van der Waals surface area contributed by atoms with Crippen molar-refractivity contribution in [1.82, 2.24) is 25.5 Å². The lowest BCUT2D eigenvalue weighted by Crippen LogP contribution is -2.40. The van der Waals surface area contributed by atoms with Gasteiger partial charge in [-0.1, -0.05) is 0 Å². The highest BCUT2D eigenvalue weighted by Crippen LogP contribution is 2.28. The summed E-state index contributed by atoms with van der Waals surface area (Å²) in [5.74, 6) is 0.859. The quantitative estimate of drug-likeness (QED) is 0.884. The summed E-state index contributed by atoms with van der Waals surface area (Å²) in [5.41, 5.74) is 0.725. The number of aromatic amines is 1. The molecule has 0 aliphatic carbocycles. The van der Waals surface area contributed by atoms with Gasteiger partial charge in [-0.2, -0.15) is 5.21 Å². The molecule has 8 heteroatoms. The summed E-state index contributed by atoms with van der Waals surface area (Å²) in [7, 11) is 0. The zero-order valence-electron chi connectivity index (χ0n) is 11.5. The second kappa shape index (κ2) is 6.31. The Kier molecular flexibility index (Phi) is 4.26. The first-order valence-electron chi connectivity index (χ1n) is 7.01. The van der Waals surface area contributed by atoms with Gasteiger partial charge in [-0.3, -0.25) is 4.79 Å². The lowest BCUT2D eigenvalue weighted by molar-refractivity contribution is 0.0659. The van der Waals surface area contributed by atoms with Crippen molar-refractivity contribution in [2.45, 2.75) is 19.3 Å². The maximum Gasteiger partial charge on any atom is 0.264 e. The van der Waals surface area contributed by atoms with E-state index in [1.165, 1.54) is 11.3 Å². The normalized spacial score (nSPS) is 18.9. The Morgan fingerprint density at radius 2 is 2.48 bits per heavy atom. The number of aliphatic hydroxyl groups excluding tert-OH is 1. The smallest absolute Gasteiger partial charge is 0.264 e. The molecule has 112 valence electrons. The van der Waals surface area contributed by atoms with Gasteiger partial charge in [0.15, 0.2) is 0 Å². The largest absolute Gasteiger partial charge is 0.396 e. The molecule has 0 aromatic carbocycles. The molecule has 1 saturated heterocycles. The standard InChI is InChI=1S/C13H17N5O2S/c19-6-3-9-2-1-5-18(8-9)13(20)11-10(4-7-21-11)12-14-16-17-15-12/h4,7,9,19H,1-3,5-6,8H2,(H,14,15,16,17). The van der Waals surface area contributed by atoms with Crippen molar-refractivity contribution in [1.29, 1.82) is 0 Å². The first kappa shape index (κ1) is 14.2. The minimum Gasteiger partial charge on any atom is -0.396 e. The highest BCUT2D eigenvalue weighted by molar-refractivity contribution is 7.12. The van der Waals surface area contributed by atoms with Crippen LogP contribution in [-0.4, -0.2) is 56.2 Å². The fourth-order valence-corrected chi connectivity index (χ4v) is 3.59. The fourth-order valence-electron chi connectivity index (χ4n) is 2.74. The van der Waals surface area contributed by atoms with Crippen LogP contribution in [0.4, 0.5) is 0 Å². The number of likely N-dealkylation sites (tertiary alicyclic amines) is 1. The molecule has 3 heterocycles. The van der Waals surface area contributed by atoms with E-state index >= 15 is 0 Å². The minimum absolute atomic E-state index is 0.0208. The van der Waals surface area contributed by atoms with Crippen molar-refractivity contribution in [3.8, 4) is 11.4 Å². The molecule has 1 unspecified atom stereocenters. The number of piperidine rings is 1. The van der Waals surface area contributed by atoms with Crippen molar-refractivity contribution in [3.05, 3.63) is 16.3 Å². The minimum atomic E-state index is 0.0208. The van der Waals surface area contributed by atoms with E-state index in [0.29, 0.717) is 23.2 Å². The van der Waals surface area contributed by atoms with Gasteiger partial charge in [-0.25, -0.2) is 0 Å². The highest BCUT2D eigenvalue weighted by atomic mass is 32.1. The number of hydrogen-bond acceptors (Lipinski definition) is 6. The molecule has 0 radical (unpaired) electrons. The zero-order chi connectivity index (χ0) is 14.7. The number of thiophene rings is 1. The highest BCUT2D eigenvalue weighted by Gasteiger charge is 2.27. The summed E-state index contributed by atoms with van der Waals surface area (Å²) < 4.78 is 0. The van der Waals surface area contributed by atoms with E-state index in [2.05, 4.69) is 20.6 Å². The molecule has 1 fully saturated rings. The van der Waals surface area contributed by atoms with Crippen LogP contribution in [0.15, 0.2) is 11.4 Å². The molecule has 2 N–H and O–H groups in total. The van der Waals surface area contributed by atoms with Crippen LogP contribution < -0.4 is 0 Å². The Labute approximate surface area is 126 Å². The van der Waals surface area contributed by atoms with E-state index in [1.54, 1.807) is 0 Å². The van der Waals surface area contributed by atoms with Gasteiger partial charge in [0.1, 0.15) is 4.88 Å². The Morgan fingerprint density at radius 1 is 1.57 bits per heavy atom. The summed E-state index contributed by atoms with van der Waals surface area (Å²) >= 11 is 1.40. The third-order valence-corrected chi connectivity index (χ3v) is 4.69. The van der Waals surface area contributed by atoms with Gasteiger partial charge in [0.05, 0.1) is 0 Å². The van der Waals surface area contributed by atoms with Gasteiger partial charge in [0.2, 0.25) is 5.82 Å². The van der Waals surface area contributed by atoms with Crippen molar-refractivity contribution in [2.24, 2.45) is 5.92 Å². The summed E-state index contributed by atoms with van der Waals surface area (Å²) in [4.78, 5) is 15.2.